The monoisotopic (exact) mass is 344 g/mol. The van der Waals surface area contributed by atoms with Crippen LogP contribution in [-0.4, -0.2) is 27.3 Å². The minimum absolute atomic E-state index is 0.0706. The number of aromatic amines is 1. The second-order valence-corrected chi connectivity index (χ2v) is 8.01. The summed E-state index contributed by atoms with van der Waals surface area (Å²) in [5.41, 5.74) is 1.67. The number of aromatic nitrogens is 2. The number of nitrogens with one attached hydrogen (secondary N) is 3. The number of H-pyrrole nitrogens is 1. The summed E-state index contributed by atoms with van der Waals surface area (Å²) in [5, 5.41) is 12.2. The van der Waals surface area contributed by atoms with Gasteiger partial charge >= 0.3 is 0 Å². The average Bonchev–Trinajstić information content (AvgIpc) is 2.96. The zero-order valence-electron chi connectivity index (χ0n) is 13.8. The summed E-state index contributed by atoms with van der Waals surface area (Å²) < 4.78 is 0. The summed E-state index contributed by atoms with van der Waals surface area (Å²) in [7, 11) is 0. The Kier molecular flexibility index (Phi) is 4.36. The molecule has 0 unspecified atom stereocenters. The first-order valence-corrected chi connectivity index (χ1v) is 8.63. The number of fused-ring (bicyclic) bond motifs is 1. The summed E-state index contributed by atoms with van der Waals surface area (Å²) in [5.74, 6) is 0.104. The molecule has 0 bridgehead atoms. The molecule has 0 radical (unpaired) electrons. The smallest absolute Gasteiger partial charge is 0.238 e. The zero-order chi connectivity index (χ0) is 17.3. The van der Waals surface area contributed by atoms with Crippen LogP contribution in [0.1, 0.15) is 32.9 Å². The highest BCUT2D eigenvalue weighted by Crippen LogP contribution is 2.36. The van der Waals surface area contributed by atoms with Crippen LogP contribution < -0.4 is 10.6 Å². The van der Waals surface area contributed by atoms with E-state index in [1.807, 2.05) is 30.3 Å². The van der Waals surface area contributed by atoms with Crippen LogP contribution in [0, 0.1) is 0 Å². The number of rotatable bonds is 3. The first-order valence-electron chi connectivity index (χ1n) is 7.75. The Balaban J connectivity index is 1.63. The van der Waals surface area contributed by atoms with Gasteiger partial charge in [-0.15, -0.1) is 11.8 Å². The highest BCUT2D eigenvalue weighted by atomic mass is 32.2. The van der Waals surface area contributed by atoms with E-state index in [-0.39, 0.29) is 23.7 Å². The van der Waals surface area contributed by atoms with Gasteiger partial charge in [0, 0.05) is 28.5 Å². The molecule has 6 nitrogen and oxygen atoms in total. The topological polar surface area (TPSA) is 86.9 Å². The number of carbonyl (C=O) groups is 2. The highest BCUT2D eigenvalue weighted by molar-refractivity contribution is 8.01. The normalized spacial score (nSPS) is 17.1. The Bertz CT molecular complexity index is 779. The molecule has 0 saturated carbocycles. The summed E-state index contributed by atoms with van der Waals surface area (Å²) in [6.45, 7) is 6.19. The van der Waals surface area contributed by atoms with Crippen LogP contribution in [0.2, 0.25) is 0 Å². The molecule has 2 heterocycles. The fourth-order valence-electron chi connectivity index (χ4n) is 2.36. The lowest BCUT2D eigenvalue weighted by Crippen LogP contribution is -2.32. The molecule has 0 fully saturated rings. The van der Waals surface area contributed by atoms with Crippen molar-refractivity contribution < 1.29 is 9.59 Å². The standard InChI is InChI=1S/C17H20N4O2S/c1-17(2,3)13-9-14(21-20-13)19-15(22)8-12-16(23)18-10-6-4-5-7-11(10)24-12/h4-7,9,12H,8H2,1-3H3,(H,18,23)(H2,19,20,21,22)/t12-/m0/s1. The molecule has 2 amide bonds. The lowest BCUT2D eigenvalue weighted by Gasteiger charge is -2.23. The molecule has 0 spiro atoms. The zero-order valence-corrected chi connectivity index (χ0v) is 14.7. The van der Waals surface area contributed by atoms with Crippen molar-refractivity contribution in [2.75, 3.05) is 10.6 Å². The average molecular weight is 344 g/mol. The van der Waals surface area contributed by atoms with Crippen LogP contribution in [0.25, 0.3) is 0 Å². The second-order valence-electron chi connectivity index (χ2n) is 6.76. The van der Waals surface area contributed by atoms with Crippen LogP contribution in [0.5, 0.6) is 0 Å². The van der Waals surface area contributed by atoms with E-state index in [0.29, 0.717) is 5.82 Å². The number of nitrogens with zero attached hydrogens (tertiary/aromatic N) is 1. The molecule has 1 aliphatic heterocycles. The second kappa shape index (κ2) is 6.32. The van der Waals surface area contributed by atoms with Crippen molar-refractivity contribution in [2.45, 2.75) is 42.8 Å². The predicted molar refractivity (Wildman–Crippen MR) is 95.3 cm³/mol. The van der Waals surface area contributed by atoms with Crippen molar-refractivity contribution in [3.05, 3.63) is 36.0 Å². The molecule has 1 aromatic carbocycles. The van der Waals surface area contributed by atoms with Gasteiger partial charge in [-0.1, -0.05) is 32.9 Å². The van der Waals surface area contributed by atoms with Gasteiger partial charge in [-0.25, -0.2) is 0 Å². The molecule has 126 valence electrons. The van der Waals surface area contributed by atoms with Gasteiger partial charge in [-0.3, -0.25) is 14.7 Å². The fourth-order valence-corrected chi connectivity index (χ4v) is 3.47. The van der Waals surface area contributed by atoms with E-state index in [2.05, 4.69) is 41.6 Å². The summed E-state index contributed by atoms with van der Waals surface area (Å²) in [6, 6.07) is 9.40. The molecule has 1 aromatic heterocycles. The van der Waals surface area contributed by atoms with E-state index in [1.54, 1.807) is 0 Å². The van der Waals surface area contributed by atoms with Crippen molar-refractivity contribution in [3.8, 4) is 0 Å². The van der Waals surface area contributed by atoms with Crippen molar-refractivity contribution in [2.24, 2.45) is 0 Å². The Morgan fingerprint density at radius 1 is 1.33 bits per heavy atom. The third kappa shape index (κ3) is 3.62. The van der Waals surface area contributed by atoms with Crippen molar-refractivity contribution >= 4 is 35.1 Å². The van der Waals surface area contributed by atoms with E-state index in [1.165, 1.54) is 11.8 Å². The number of thioether (sulfide) groups is 1. The Labute approximate surface area is 144 Å². The van der Waals surface area contributed by atoms with E-state index in [0.717, 1.165) is 16.3 Å². The molecule has 1 aliphatic rings. The molecule has 0 saturated heterocycles. The third-order valence-corrected chi connectivity index (χ3v) is 5.01. The van der Waals surface area contributed by atoms with Gasteiger partial charge in [-0.2, -0.15) is 5.10 Å². The summed E-state index contributed by atoms with van der Waals surface area (Å²) >= 11 is 1.41. The van der Waals surface area contributed by atoms with E-state index >= 15 is 0 Å². The number of hydrogen-bond acceptors (Lipinski definition) is 4. The minimum Gasteiger partial charge on any atom is -0.324 e. The number of hydrogen-bond donors (Lipinski definition) is 3. The van der Waals surface area contributed by atoms with Gasteiger partial charge in [-0.05, 0) is 12.1 Å². The number of carbonyl (C=O) groups excluding carboxylic acids is 2. The Morgan fingerprint density at radius 3 is 2.79 bits per heavy atom. The maximum Gasteiger partial charge on any atom is 0.238 e. The summed E-state index contributed by atoms with van der Waals surface area (Å²) in [4.78, 5) is 25.4. The van der Waals surface area contributed by atoms with Gasteiger partial charge in [0.25, 0.3) is 0 Å². The maximum absolute atomic E-state index is 12.2. The third-order valence-electron chi connectivity index (χ3n) is 3.73. The van der Waals surface area contributed by atoms with Gasteiger partial charge in [0.1, 0.15) is 0 Å². The molecule has 24 heavy (non-hydrogen) atoms. The van der Waals surface area contributed by atoms with Crippen LogP contribution in [-0.2, 0) is 15.0 Å². The lowest BCUT2D eigenvalue weighted by molar-refractivity contribution is -0.120. The molecular formula is C17H20N4O2S. The van der Waals surface area contributed by atoms with Crippen molar-refractivity contribution in [1.29, 1.82) is 0 Å². The number of amides is 2. The molecule has 1 atom stereocenters. The molecule has 3 N–H and O–H groups in total. The first-order chi connectivity index (χ1) is 11.3. The van der Waals surface area contributed by atoms with Crippen molar-refractivity contribution in [1.82, 2.24) is 10.2 Å². The number of anilines is 2. The lowest BCUT2D eigenvalue weighted by atomic mass is 9.92. The first kappa shape index (κ1) is 16.6. The Hall–Kier alpha value is -2.28. The maximum atomic E-state index is 12.2. The fraction of sp³-hybridized carbons (Fsp3) is 0.353. The van der Waals surface area contributed by atoms with Gasteiger partial charge in [0.15, 0.2) is 5.82 Å². The molecule has 3 rings (SSSR count). The van der Waals surface area contributed by atoms with E-state index < -0.39 is 5.25 Å². The quantitative estimate of drug-likeness (QED) is 0.798. The number of benzene rings is 1. The van der Waals surface area contributed by atoms with Gasteiger partial charge in [0.05, 0.1) is 10.9 Å². The SMILES string of the molecule is CC(C)(C)c1cc(NC(=O)C[C@@H]2Sc3ccccc3NC2=O)n[nH]1. The Morgan fingerprint density at radius 2 is 2.08 bits per heavy atom. The minimum atomic E-state index is -0.444. The summed E-state index contributed by atoms with van der Waals surface area (Å²) in [6.07, 6.45) is 0.0997. The van der Waals surface area contributed by atoms with E-state index in [9.17, 15) is 9.59 Å². The number of para-hydroxylation sites is 1. The van der Waals surface area contributed by atoms with Crippen LogP contribution in [0.15, 0.2) is 35.2 Å². The van der Waals surface area contributed by atoms with Crippen LogP contribution in [0.4, 0.5) is 11.5 Å². The largest absolute Gasteiger partial charge is 0.324 e. The van der Waals surface area contributed by atoms with Gasteiger partial charge < -0.3 is 10.6 Å². The van der Waals surface area contributed by atoms with Gasteiger partial charge in [0.2, 0.25) is 11.8 Å². The molecule has 2 aromatic rings. The van der Waals surface area contributed by atoms with Crippen LogP contribution >= 0.6 is 11.8 Å². The molecular weight excluding hydrogens is 324 g/mol. The molecule has 7 heteroatoms. The highest BCUT2D eigenvalue weighted by Gasteiger charge is 2.29. The van der Waals surface area contributed by atoms with Crippen LogP contribution in [0.3, 0.4) is 0 Å². The van der Waals surface area contributed by atoms with E-state index in [4.69, 9.17) is 0 Å². The predicted octanol–water partition coefficient (Wildman–Crippen LogP) is 3.15. The van der Waals surface area contributed by atoms with Crippen molar-refractivity contribution in [3.63, 3.8) is 0 Å². The molecule has 0 aliphatic carbocycles.